The van der Waals surface area contributed by atoms with E-state index in [0.29, 0.717) is 10.7 Å². The van der Waals surface area contributed by atoms with Gasteiger partial charge in [0.25, 0.3) is 0 Å². The lowest BCUT2D eigenvalue weighted by atomic mass is 10.4. The van der Waals surface area contributed by atoms with E-state index in [9.17, 15) is 4.79 Å². The van der Waals surface area contributed by atoms with Crippen molar-refractivity contribution in [2.24, 2.45) is 10.2 Å². The van der Waals surface area contributed by atoms with Gasteiger partial charge < -0.3 is 4.52 Å². The largest absolute Gasteiger partial charge is 0.384 e. The Morgan fingerprint density at radius 1 is 1.47 bits per heavy atom. The molecule has 0 amide bonds. The third-order valence-corrected chi connectivity index (χ3v) is 2.48. The molecule has 2 aromatic rings. The van der Waals surface area contributed by atoms with Crippen LogP contribution in [0.3, 0.4) is 0 Å². The van der Waals surface area contributed by atoms with Crippen LogP contribution in [-0.4, -0.2) is 9.53 Å². The van der Waals surface area contributed by atoms with E-state index >= 15 is 0 Å². The predicted molar refractivity (Wildman–Crippen MR) is 55.1 cm³/mol. The molecule has 2 aromatic heterocycles. The molecule has 0 saturated carbocycles. The van der Waals surface area contributed by atoms with E-state index < -0.39 is 5.63 Å². The van der Waals surface area contributed by atoms with Crippen molar-refractivity contribution in [3.63, 3.8) is 0 Å². The van der Waals surface area contributed by atoms with Crippen molar-refractivity contribution in [1.82, 2.24) is 9.53 Å². The van der Waals surface area contributed by atoms with Gasteiger partial charge in [-0.05, 0) is 31.4 Å². The third kappa shape index (κ3) is 2.01. The first-order valence-corrected chi connectivity index (χ1v) is 4.97. The van der Waals surface area contributed by atoms with Gasteiger partial charge in [0, 0.05) is 0 Å². The number of nitrogens with one attached hydrogen (secondary N) is 1. The van der Waals surface area contributed by atoms with Gasteiger partial charge in [0.15, 0.2) is 10.7 Å². The van der Waals surface area contributed by atoms with Crippen molar-refractivity contribution in [1.29, 1.82) is 0 Å². The Balaban J connectivity index is 2.29. The number of aromatic amines is 1. The number of azo groups is 1. The van der Waals surface area contributed by atoms with E-state index in [0.717, 1.165) is 5.69 Å². The second kappa shape index (κ2) is 3.77. The summed E-state index contributed by atoms with van der Waals surface area (Å²) < 4.78 is 8.58. The molecule has 1 N–H and O–H groups in total. The second-order valence-electron chi connectivity index (χ2n) is 2.97. The minimum Gasteiger partial charge on any atom is -0.336 e. The predicted octanol–water partition coefficient (Wildman–Crippen LogP) is 2.46. The normalized spacial score (nSPS) is 11.3. The van der Waals surface area contributed by atoms with E-state index in [1.807, 2.05) is 6.92 Å². The first-order valence-electron chi connectivity index (χ1n) is 4.20. The summed E-state index contributed by atoms with van der Waals surface area (Å²) in [5, 5.41) is 10.8. The Hall–Kier alpha value is -1.76. The van der Waals surface area contributed by atoms with Crippen LogP contribution in [0, 0.1) is 13.8 Å². The lowest BCUT2D eigenvalue weighted by molar-refractivity contribution is 0.388. The maximum atomic E-state index is 11.1. The highest BCUT2D eigenvalue weighted by atomic mass is 32.1. The van der Waals surface area contributed by atoms with E-state index in [4.69, 9.17) is 0 Å². The summed E-state index contributed by atoms with van der Waals surface area (Å²) in [5.41, 5.74) is 1.12. The lowest BCUT2D eigenvalue weighted by Gasteiger charge is -1.82. The Kier molecular flexibility index (Phi) is 2.46. The zero-order valence-electron chi connectivity index (χ0n) is 8.14. The molecule has 0 atom stereocenters. The minimum absolute atomic E-state index is 0.195. The SMILES string of the molecule is Cc1cc(N=Nc2c(C)[nH]oc2=O)sn1. The highest BCUT2D eigenvalue weighted by Gasteiger charge is 2.06. The third-order valence-electron chi connectivity index (χ3n) is 1.71. The first-order chi connectivity index (χ1) is 7.16. The molecule has 0 aliphatic carbocycles. The molecule has 78 valence electrons. The fraction of sp³-hybridized carbons (Fsp3) is 0.250. The van der Waals surface area contributed by atoms with Gasteiger partial charge in [-0.15, -0.1) is 10.2 Å². The molecule has 0 saturated heterocycles. The smallest absolute Gasteiger partial charge is 0.336 e. The van der Waals surface area contributed by atoms with Crippen LogP contribution in [0.4, 0.5) is 10.7 Å². The van der Waals surface area contributed by atoms with Gasteiger partial charge in [0.2, 0.25) is 0 Å². The van der Waals surface area contributed by atoms with Crippen LogP contribution in [-0.2, 0) is 0 Å². The highest BCUT2D eigenvalue weighted by Crippen LogP contribution is 2.22. The fourth-order valence-electron chi connectivity index (χ4n) is 0.985. The fourth-order valence-corrected chi connectivity index (χ4v) is 1.58. The summed E-state index contributed by atoms with van der Waals surface area (Å²) in [6, 6.07) is 1.79. The Morgan fingerprint density at radius 3 is 2.80 bits per heavy atom. The number of hydrogen-bond donors (Lipinski definition) is 1. The average molecular weight is 224 g/mol. The van der Waals surface area contributed by atoms with Crippen molar-refractivity contribution in [3.8, 4) is 0 Å². The number of nitrogens with zero attached hydrogens (tertiary/aromatic N) is 3. The summed E-state index contributed by atoms with van der Waals surface area (Å²) in [4.78, 5) is 11.1. The zero-order valence-corrected chi connectivity index (χ0v) is 8.96. The molecule has 0 fully saturated rings. The van der Waals surface area contributed by atoms with Gasteiger partial charge in [-0.2, -0.15) is 4.37 Å². The molecular weight excluding hydrogens is 216 g/mol. The Morgan fingerprint density at radius 2 is 2.27 bits per heavy atom. The van der Waals surface area contributed by atoms with Crippen molar-refractivity contribution in [3.05, 3.63) is 27.9 Å². The molecule has 15 heavy (non-hydrogen) atoms. The van der Waals surface area contributed by atoms with Crippen LogP contribution >= 0.6 is 11.5 Å². The Bertz CT molecular complexity index is 551. The molecule has 7 heteroatoms. The zero-order chi connectivity index (χ0) is 10.8. The van der Waals surface area contributed by atoms with Gasteiger partial charge in [0.1, 0.15) is 0 Å². The molecule has 2 heterocycles. The summed E-state index contributed by atoms with van der Waals surface area (Å²) in [6.45, 7) is 3.56. The molecule has 0 aliphatic heterocycles. The Labute approximate surface area is 88.8 Å². The quantitative estimate of drug-likeness (QED) is 0.795. The van der Waals surface area contributed by atoms with Crippen molar-refractivity contribution >= 4 is 22.2 Å². The van der Waals surface area contributed by atoms with Gasteiger partial charge in [-0.25, -0.2) is 9.95 Å². The van der Waals surface area contributed by atoms with Crippen LogP contribution in [0.2, 0.25) is 0 Å². The van der Waals surface area contributed by atoms with Gasteiger partial charge in [0.05, 0.1) is 11.4 Å². The van der Waals surface area contributed by atoms with Crippen LogP contribution < -0.4 is 5.63 Å². The number of rotatable bonds is 2. The number of aromatic nitrogens is 2. The summed E-state index contributed by atoms with van der Waals surface area (Å²) >= 11 is 1.23. The van der Waals surface area contributed by atoms with Crippen molar-refractivity contribution in [2.45, 2.75) is 13.8 Å². The van der Waals surface area contributed by atoms with Crippen LogP contribution in [0.25, 0.3) is 0 Å². The minimum atomic E-state index is -0.516. The highest BCUT2D eigenvalue weighted by molar-refractivity contribution is 7.09. The van der Waals surface area contributed by atoms with Gasteiger partial charge >= 0.3 is 5.63 Å². The molecule has 6 nitrogen and oxygen atoms in total. The molecule has 0 unspecified atom stereocenters. The van der Waals surface area contributed by atoms with Crippen LogP contribution in [0.1, 0.15) is 11.4 Å². The van der Waals surface area contributed by atoms with E-state index in [-0.39, 0.29) is 5.69 Å². The summed E-state index contributed by atoms with van der Waals surface area (Å²) in [5.74, 6) is 0. The topological polar surface area (TPSA) is 83.6 Å². The molecule has 0 radical (unpaired) electrons. The van der Waals surface area contributed by atoms with E-state index in [1.165, 1.54) is 11.5 Å². The van der Waals surface area contributed by atoms with Crippen molar-refractivity contribution < 1.29 is 4.52 Å². The number of aryl methyl sites for hydroxylation is 2. The van der Waals surface area contributed by atoms with Crippen molar-refractivity contribution in [2.75, 3.05) is 0 Å². The number of hydrogen-bond acceptors (Lipinski definition) is 6. The molecule has 0 bridgehead atoms. The molecule has 2 rings (SSSR count). The van der Waals surface area contributed by atoms with E-state index in [2.05, 4.69) is 24.3 Å². The monoisotopic (exact) mass is 224 g/mol. The number of H-pyrrole nitrogens is 1. The lowest BCUT2D eigenvalue weighted by Crippen LogP contribution is -1.89. The maximum absolute atomic E-state index is 11.1. The van der Waals surface area contributed by atoms with Gasteiger partial charge in [-0.1, -0.05) is 0 Å². The van der Waals surface area contributed by atoms with Gasteiger partial charge in [-0.3, -0.25) is 0 Å². The first kappa shape index (κ1) is 9.78. The molecular formula is C8H8N4O2S. The van der Waals surface area contributed by atoms with Crippen LogP contribution in [0.5, 0.6) is 0 Å². The molecule has 0 aliphatic rings. The maximum Gasteiger partial charge on any atom is 0.384 e. The molecule has 0 aromatic carbocycles. The van der Waals surface area contributed by atoms with Crippen LogP contribution in [0.15, 0.2) is 25.6 Å². The summed E-state index contributed by atoms with van der Waals surface area (Å²) in [6.07, 6.45) is 0. The average Bonchev–Trinajstić information content (AvgIpc) is 2.73. The summed E-state index contributed by atoms with van der Waals surface area (Å²) in [7, 11) is 0. The molecule has 0 spiro atoms. The standard InChI is InChI=1S/C8H8N4O2S/c1-4-3-6(15-12-4)9-10-7-5(2)11-14-8(7)13/h3,11H,1-2H3. The second-order valence-corrected chi connectivity index (χ2v) is 3.76. The van der Waals surface area contributed by atoms with E-state index in [1.54, 1.807) is 13.0 Å².